The number of ketones is 1. The lowest BCUT2D eigenvalue weighted by atomic mass is 9.98. The van der Waals surface area contributed by atoms with Crippen LogP contribution in [-0.2, 0) is 19.6 Å². The van der Waals surface area contributed by atoms with Gasteiger partial charge in [0.15, 0.2) is 18.2 Å². The zero-order valence-electron chi connectivity index (χ0n) is 14.9. The van der Waals surface area contributed by atoms with E-state index in [1.807, 2.05) is 0 Å². The molecule has 0 unspecified atom stereocenters. The Morgan fingerprint density at radius 2 is 1.83 bits per heavy atom. The van der Waals surface area contributed by atoms with Crippen LogP contribution in [0.15, 0.2) is 35.2 Å². The molecule has 1 aliphatic heterocycles. The van der Waals surface area contributed by atoms with E-state index in [4.69, 9.17) is 16.3 Å². The Hall–Kier alpha value is -1.88. The van der Waals surface area contributed by atoms with Crippen LogP contribution >= 0.6 is 22.9 Å². The highest BCUT2D eigenvalue weighted by Crippen LogP contribution is 2.26. The third-order valence-corrected chi connectivity index (χ3v) is 7.68. The highest BCUT2D eigenvalue weighted by atomic mass is 35.5. The molecule has 2 heterocycles. The van der Waals surface area contributed by atoms with Gasteiger partial charge in [0.1, 0.15) is 0 Å². The van der Waals surface area contributed by atoms with Crippen molar-refractivity contribution in [2.24, 2.45) is 5.92 Å². The van der Waals surface area contributed by atoms with Gasteiger partial charge in [0.25, 0.3) is 0 Å². The molecule has 2 aromatic rings. The van der Waals surface area contributed by atoms with Crippen LogP contribution < -0.4 is 0 Å². The second-order valence-electron chi connectivity index (χ2n) is 6.39. The Morgan fingerprint density at radius 3 is 2.41 bits per heavy atom. The first-order chi connectivity index (χ1) is 13.7. The minimum atomic E-state index is -4.00. The van der Waals surface area contributed by atoms with Crippen LogP contribution in [0.4, 0.5) is 8.78 Å². The van der Waals surface area contributed by atoms with Gasteiger partial charge in [0.2, 0.25) is 15.8 Å². The van der Waals surface area contributed by atoms with Crippen LogP contribution in [0.25, 0.3) is 0 Å². The zero-order valence-corrected chi connectivity index (χ0v) is 17.3. The molecule has 3 rings (SSSR count). The van der Waals surface area contributed by atoms with Crippen LogP contribution in [-0.4, -0.2) is 44.2 Å². The predicted molar refractivity (Wildman–Crippen MR) is 102 cm³/mol. The molecule has 11 heteroatoms. The number of carbonyl (C=O) groups is 2. The lowest BCUT2D eigenvalue weighted by Crippen LogP contribution is -2.40. The number of hydrogen-bond acceptors (Lipinski definition) is 6. The molecule has 0 spiro atoms. The zero-order chi connectivity index (χ0) is 21.2. The van der Waals surface area contributed by atoms with Gasteiger partial charge in [0.05, 0.1) is 20.0 Å². The largest absolute Gasteiger partial charge is 0.457 e. The molecule has 29 heavy (non-hydrogen) atoms. The molecule has 0 bridgehead atoms. The maximum absolute atomic E-state index is 13.4. The van der Waals surface area contributed by atoms with Gasteiger partial charge in [-0.1, -0.05) is 11.6 Å². The number of carbonyl (C=O) groups excluding carboxylic acids is 2. The van der Waals surface area contributed by atoms with Crippen molar-refractivity contribution < 1.29 is 31.5 Å². The highest BCUT2D eigenvalue weighted by molar-refractivity contribution is 7.89. The summed E-state index contributed by atoms with van der Waals surface area (Å²) >= 11 is 6.85. The van der Waals surface area contributed by atoms with E-state index in [2.05, 4.69) is 0 Å². The normalized spacial score (nSPS) is 16.0. The molecule has 156 valence electrons. The number of halogens is 3. The van der Waals surface area contributed by atoms with Crippen molar-refractivity contribution in [2.75, 3.05) is 19.7 Å². The molecular formula is C18H16ClF2NO5S2. The lowest BCUT2D eigenvalue weighted by Gasteiger charge is -2.30. The molecule has 0 atom stereocenters. The summed E-state index contributed by atoms with van der Waals surface area (Å²) in [4.78, 5) is 24.2. The predicted octanol–water partition coefficient (Wildman–Crippen LogP) is 3.51. The first-order valence-corrected chi connectivity index (χ1v) is 11.2. The Kier molecular flexibility index (Phi) is 6.67. The molecule has 0 aliphatic carbocycles. The van der Waals surface area contributed by atoms with Crippen LogP contribution in [0, 0.1) is 17.6 Å². The maximum atomic E-state index is 13.4. The molecular weight excluding hydrogens is 448 g/mol. The molecule has 0 saturated carbocycles. The molecule has 1 aliphatic rings. The third kappa shape index (κ3) is 5.00. The second-order valence-corrected chi connectivity index (χ2v) is 10.0. The van der Waals surface area contributed by atoms with E-state index in [0.29, 0.717) is 15.3 Å². The van der Waals surface area contributed by atoms with Gasteiger partial charge in [-0.15, -0.1) is 11.3 Å². The number of piperidine rings is 1. The van der Waals surface area contributed by atoms with Crippen molar-refractivity contribution in [1.29, 1.82) is 0 Å². The van der Waals surface area contributed by atoms with E-state index >= 15 is 0 Å². The van der Waals surface area contributed by atoms with E-state index in [9.17, 15) is 26.8 Å². The molecule has 0 amide bonds. The van der Waals surface area contributed by atoms with Crippen molar-refractivity contribution in [1.82, 2.24) is 4.31 Å². The summed E-state index contributed by atoms with van der Waals surface area (Å²) < 4.78 is 58.2. The van der Waals surface area contributed by atoms with Gasteiger partial charge < -0.3 is 4.74 Å². The van der Waals surface area contributed by atoms with Gasteiger partial charge in [-0.25, -0.2) is 17.2 Å². The van der Waals surface area contributed by atoms with Crippen LogP contribution in [0.5, 0.6) is 0 Å². The van der Waals surface area contributed by atoms with Gasteiger partial charge in [-0.3, -0.25) is 9.59 Å². The van der Waals surface area contributed by atoms with Crippen LogP contribution in [0.3, 0.4) is 0 Å². The monoisotopic (exact) mass is 463 g/mol. The number of hydrogen-bond donors (Lipinski definition) is 0. The van der Waals surface area contributed by atoms with Crippen LogP contribution in [0.1, 0.15) is 22.5 Å². The fourth-order valence-electron chi connectivity index (χ4n) is 2.91. The number of thiophene rings is 1. The summed E-state index contributed by atoms with van der Waals surface area (Å²) in [7, 11) is -4.00. The van der Waals surface area contributed by atoms with Crippen molar-refractivity contribution in [2.45, 2.75) is 17.7 Å². The Balaban J connectivity index is 1.54. The van der Waals surface area contributed by atoms with Gasteiger partial charge in [0, 0.05) is 13.1 Å². The second kappa shape index (κ2) is 8.86. The molecule has 0 N–H and O–H groups in total. The van der Waals surface area contributed by atoms with E-state index < -0.39 is 40.2 Å². The summed E-state index contributed by atoms with van der Waals surface area (Å²) in [5, 5.41) is 0. The van der Waals surface area contributed by atoms with Gasteiger partial charge in [-0.2, -0.15) is 4.31 Å². The SMILES string of the molecule is O=C(COC(=O)C1CCN(S(=O)(=O)c2ccc(F)c(F)c2)CC1)c1ccc(Cl)s1. The number of rotatable bonds is 6. The quantitative estimate of drug-likeness (QED) is 0.483. The highest BCUT2D eigenvalue weighted by Gasteiger charge is 2.33. The standard InChI is InChI=1S/C18H16ClF2NO5S2/c19-17-4-3-16(28-17)15(23)10-27-18(24)11-5-7-22(8-6-11)29(25,26)12-1-2-13(20)14(21)9-12/h1-4,9,11H,5-8,10H2. The van der Waals surface area contributed by atoms with Crippen molar-refractivity contribution in [3.8, 4) is 0 Å². The summed E-state index contributed by atoms with van der Waals surface area (Å²) in [5.74, 6) is -3.88. The first kappa shape index (κ1) is 21.8. The topological polar surface area (TPSA) is 80.8 Å². The fourth-order valence-corrected chi connectivity index (χ4v) is 5.36. The number of esters is 1. The molecule has 1 fully saturated rings. The molecule has 6 nitrogen and oxygen atoms in total. The average Bonchev–Trinajstić information content (AvgIpc) is 3.14. The Labute approximate surface area is 175 Å². The minimum absolute atomic E-state index is 0.0234. The van der Waals surface area contributed by atoms with Crippen molar-refractivity contribution >= 4 is 44.7 Å². The smallest absolute Gasteiger partial charge is 0.309 e. The number of Topliss-reactive ketones (excluding diaryl/α,β-unsaturated/α-hetero) is 1. The summed E-state index contributed by atoms with van der Waals surface area (Å²) in [6, 6.07) is 5.50. The van der Waals surface area contributed by atoms with Crippen LogP contribution in [0.2, 0.25) is 4.34 Å². The van der Waals surface area contributed by atoms with E-state index in [0.717, 1.165) is 27.8 Å². The van der Waals surface area contributed by atoms with Gasteiger partial charge in [-0.05, 0) is 43.2 Å². The average molecular weight is 464 g/mol. The van der Waals surface area contributed by atoms with Crippen molar-refractivity contribution in [3.05, 3.63) is 51.2 Å². The van der Waals surface area contributed by atoms with E-state index in [-0.39, 0.29) is 36.6 Å². The first-order valence-electron chi connectivity index (χ1n) is 8.59. The minimum Gasteiger partial charge on any atom is -0.457 e. The summed E-state index contributed by atoms with van der Waals surface area (Å²) in [6.07, 6.45) is 0.390. The van der Waals surface area contributed by atoms with Gasteiger partial charge >= 0.3 is 5.97 Å². The number of benzene rings is 1. The molecule has 1 aromatic heterocycles. The lowest BCUT2D eigenvalue weighted by molar-refractivity contribution is -0.148. The third-order valence-electron chi connectivity index (χ3n) is 4.51. The summed E-state index contributed by atoms with van der Waals surface area (Å²) in [6.45, 7) is -0.367. The summed E-state index contributed by atoms with van der Waals surface area (Å²) in [5.41, 5.74) is 0. The Bertz CT molecular complexity index is 1030. The molecule has 1 saturated heterocycles. The maximum Gasteiger partial charge on any atom is 0.309 e. The fraction of sp³-hybridized carbons (Fsp3) is 0.333. The Morgan fingerprint density at radius 1 is 1.14 bits per heavy atom. The number of ether oxygens (including phenoxy) is 1. The van der Waals surface area contributed by atoms with E-state index in [1.165, 1.54) is 0 Å². The number of sulfonamides is 1. The van der Waals surface area contributed by atoms with Crippen molar-refractivity contribution in [3.63, 3.8) is 0 Å². The molecule has 1 aromatic carbocycles. The molecule has 0 radical (unpaired) electrons. The van der Waals surface area contributed by atoms with E-state index in [1.54, 1.807) is 12.1 Å². The number of nitrogens with zero attached hydrogens (tertiary/aromatic N) is 1.